The second-order valence-electron chi connectivity index (χ2n) is 7.17. The first-order chi connectivity index (χ1) is 14.7. The molecule has 1 aliphatic rings. The average molecular weight is 464 g/mol. The molecule has 2 aromatic heterocycles. The summed E-state index contributed by atoms with van der Waals surface area (Å²) in [6.07, 6.45) is 5.24. The van der Waals surface area contributed by atoms with Crippen molar-refractivity contribution in [2.24, 2.45) is 0 Å². The fraction of sp³-hybridized carbons (Fsp3) is 0.190. The summed E-state index contributed by atoms with van der Waals surface area (Å²) in [5, 5.41) is 15.6. The Balaban J connectivity index is 1.32. The van der Waals surface area contributed by atoms with Gasteiger partial charge in [0.25, 0.3) is 5.91 Å². The van der Waals surface area contributed by atoms with Gasteiger partial charge >= 0.3 is 0 Å². The SMILES string of the molecule is O=C(NCc1ccc(-n2cncn2)cc1)c1nnn(-c2ccc(Br)cc2)c1C1CC1. The Labute approximate surface area is 181 Å². The highest BCUT2D eigenvalue weighted by molar-refractivity contribution is 9.10. The van der Waals surface area contributed by atoms with Gasteiger partial charge in [0.1, 0.15) is 12.7 Å². The number of amides is 1. The summed E-state index contributed by atoms with van der Waals surface area (Å²) < 4.78 is 4.46. The van der Waals surface area contributed by atoms with Crippen molar-refractivity contribution >= 4 is 21.8 Å². The molecule has 9 heteroatoms. The monoisotopic (exact) mass is 463 g/mol. The van der Waals surface area contributed by atoms with Crippen molar-refractivity contribution in [2.45, 2.75) is 25.3 Å². The molecule has 0 unspecified atom stereocenters. The summed E-state index contributed by atoms with van der Waals surface area (Å²) in [4.78, 5) is 16.8. The molecule has 0 saturated heterocycles. The van der Waals surface area contributed by atoms with Crippen LogP contribution >= 0.6 is 15.9 Å². The highest BCUT2D eigenvalue weighted by Crippen LogP contribution is 2.42. The van der Waals surface area contributed by atoms with Crippen LogP contribution in [-0.4, -0.2) is 35.7 Å². The molecule has 1 fully saturated rings. The van der Waals surface area contributed by atoms with Crippen LogP contribution in [-0.2, 0) is 6.54 Å². The predicted molar refractivity (Wildman–Crippen MR) is 114 cm³/mol. The fourth-order valence-corrected chi connectivity index (χ4v) is 3.59. The Morgan fingerprint density at radius 3 is 2.47 bits per heavy atom. The lowest BCUT2D eigenvalue weighted by Gasteiger charge is -2.08. The molecule has 2 heterocycles. The molecule has 150 valence electrons. The second-order valence-corrected chi connectivity index (χ2v) is 8.09. The van der Waals surface area contributed by atoms with Crippen LogP contribution in [0.1, 0.15) is 40.5 Å². The molecular weight excluding hydrogens is 446 g/mol. The number of halogens is 1. The summed E-state index contributed by atoms with van der Waals surface area (Å²) in [7, 11) is 0. The summed E-state index contributed by atoms with van der Waals surface area (Å²) in [6, 6.07) is 15.6. The largest absolute Gasteiger partial charge is 0.347 e. The molecule has 1 amide bonds. The van der Waals surface area contributed by atoms with Gasteiger partial charge in [-0.05, 0) is 54.8 Å². The topological polar surface area (TPSA) is 90.5 Å². The van der Waals surface area contributed by atoms with Crippen molar-refractivity contribution < 1.29 is 4.79 Å². The van der Waals surface area contributed by atoms with Crippen LogP contribution in [0.4, 0.5) is 0 Å². The van der Waals surface area contributed by atoms with Gasteiger partial charge in [0.2, 0.25) is 0 Å². The van der Waals surface area contributed by atoms with E-state index in [-0.39, 0.29) is 5.91 Å². The molecule has 0 radical (unpaired) electrons. The summed E-state index contributed by atoms with van der Waals surface area (Å²) in [5.41, 5.74) is 4.09. The molecule has 4 aromatic rings. The molecule has 0 atom stereocenters. The molecule has 0 spiro atoms. The van der Waals surface area contributed by atoms with E-state index >= 15 is 0 Å². The van der Waals surface area contributed by atoms with Gasteiger partial charge in [0.05, 0.1) is 17.1 Å². The zero-order valence-electron chi connectivity index (χ0n) is 15.9. The van der Waals surface area contributed by atoms with Gasteiger partial charge in [-0.2, -0.15) is 5.10 Å². The second kappa shape index (κ2) is 7.83. The number of hydrogen-bond acceptors (Lipinski definition) is 5. The van der Waals surface area contributed by atoms with Gasteiger partial charge < -0.3 is 5.32 Å². The minimum Gasteiger partial charge on any atom is -0.347 e. The zero-order valence-corrected chi connectivity index (χ0v) is 17.5. The molecule has 5 rings (SSSR count). The Kier molecular flexibility index (Phi) is 4.88. The quantitative estimate of drug-likeness (QED) is 0.472. The number of hydrogen-bond donors (Lipinski definition) is 1. The van der Waals surface area contributed by atoms with Gasteiger partial charge in [-0.1, -0.05) is 33.3 Å². The van der Waals surface area contributed by atoms with Crippen LogP contribution in [0, 0.1) is 0 Å². The molecule has 0 bridgehead atoms. The lowest BCUT2D eigenvalue weighted by molar-refractivity contribution is 0.0945. The first kappa shape index (κ1) is 18.7. The minimum atomic E-state index is -0.208. The van der Waals surface area contributed by atoms with Crippen LogP contribution in [0.25, 0.3) is 11.4 Å². The molecule has 0 aliphatic heterocycles. The zero-order chi connectivity index (χ0) is 20.5. The maximum Gasteiger partial charge on any atom is 0.274 e. The van der Waals surface area contributed by atoms with Crippen LogP contribution in [0.5, 0.6) is 0 Å². The Hall–Kier alpha value is -3.33. The van der Waals surface area contributed by atoms with Crippen LogP contribution in [0.3, 0.4) is 0 Å². The van der Waals surface area contributed by atoms with Crippen molar-refractivity contribution in [3.8, 4) is 11.4 Å². The van der Waals surface area contributed by atoms with Crippen molar-refractivity contribution in [1.82, 2.24) is 35.1 Å². The summed E-state index contributed by atoms with van der Waals surface area (Å²) in [5.74, 6) is 0.118. The van der Waals surface area contributed by atoms with Crippen molar-refractivity contribution in [3.63, 3.8) is 0 Å². The number of benzene rings is 2. The molecule has 1 saturated carbocycles. The maximum absolute atomic E-state index is 12.9. The van der Waals surface area contributed by atoms with Crippen molar-refractivity contribution in [1.29, 1.82) is 0 Å². The van der Waals surface area contributed by atoms with E-state index in [1.807, 2.05) is 48.5 Å². The van der Waals surface area contributed by atoms with E-state index in [1.54, 1.807) is 15.7 Å². The first-order valence-electron chi connectivity index (χ1n) is 9.63. The normalized spacial score (nSPS) is 13.4. The van der Waals surface area contributed by atoms with Crippen molar-refractivity contribution in [2.75, 3.05) is 0 Å². The highest BCUT2D eigenvalue weighted by atomic mass is 79.9. The van der Waals surface area contributed by atoms with Crippen LogP contribution in [0.2, 0.25) is 0 Å². The highest BCUT2D eigenvalue weighted by Gasteiger charge is 2.34. The number of aromatic nitrogens is 6. The van der Waals surface area contributed by atoms with Gasteiger partial charge in [-0.25, -0.2) is 14.3 Å². The number of carbonyl (C=O) groups is 1. The van der Waals surface area contributed by atoms with E-state index in [9.17, 15) is 4.79 Å². The predicted octanol–water partition coefficient (Wildman–Crippen LogP) is 3.42. The number of nitrogens with zero attached hydrogens (tertiary/aromatic N) is 6. The molecule has 30 heavy (non-hydrogen) atoms. The van der Waals surface area contributed by atoms with E-state index < -0.39 is 0 Å². The Bertz CT molecular complexity index is 1160. The van der Waals surface area contributed by atoms with Crippen LogP contribution < -0.4 is 5.32 Å². The van der Waals surface area contributed by atoms with E-state index in [4.69, 9.17) is 0 Å². The Morgan fingerprint density at radius 1 is 1.07 bits per heavy atom. The molecule has 2 aromatic carbocycles. The van der Waals surface area contributed by atoms with E-state index in [2.05, 4.69) is 41.6 Å². The Morgan fingerprint density at radius 2 is 1.80 bits per heavy atom. The number of nitrogens with one attached hydrogen (secondary N) is 1. The van der Waals surface area contributed by atoms with Gasteiger partial charge in [-0.3, -0.25) is 4.79 Å². The van der Waals surface area contributed by atoms with Gasteiger partial charge in [0.15, 0.2) is 5.69 Å². The molecule has 1 N–H and O–H groups in total. The van der Waals surface area contributed by atoms with E-state index in [1.165, 1.54) is 6.33 Å². The average Bonchev–Trinajstić information content (AvgIpc) is 3.27. The summed E-state index contributed by atoms with van der Waals surface area (Å²) >= 11 is 3.45. The number of carbonyl (C=O) groups excluding carboxylic acids is 1. The van der Waals surface area contributed by atoms with E-state index in [0.29, 0.717) is 18.2 Å². The minimum absolute atomic E-state index is 0.208. The molecule has 1 aliphatic carbocycles. The van der Waals surface area contributed by atoms with Crippen LogP contribution in [0.15, 0.2) is 65.7 Å². The lowest BCUT2D eigenvalue weighted by Crippen LogP contribution is -2.24. The standard InChI is InChI=1S/C21H18BrN7O/c22-16-5-9-18(10-6-16)29-20(15-3-4-15)19(26-27-29)21(30)24-11-14-1-7-17(8-2-14)28-13-23-12-25-28/h1-2,5-10,12-13,15H,3-4,11H2,(H,24,30). The third-order valence-electron chi connectivity index (χ3n) is 5.03. The lowest BCUT2D eigenvalue weighted by atomic mass is 10.2. The fourth-order valence-electron chi connectivity index (χ4n) is 3.32. The van der Waals surface area contributed by atoms with Gasteiger partial charge in [-0.15, -0.1) is 5.10 Å². The van der Waals surface area contributed by atoms with Gasteiger partial charge in [0, 0.05) is 16.9 Å². The molecule has 8 nitrogen and oxygen atoms in total. The number of rotatable bonds is 6. The third kappa shape index (κ3) is 3.76. The molecular formula is C21H18BrN7O. The van der Waals surface area contributed by atoms with E-state index in [0.717, 1.165) is 39.9 Å². The summed E-state index contributed by atoms with van der Waals surface area (Å²) in [6.45, 7) is 0.408. The first-order valence-corrected chi connectivity index (χ1v) is 10.4. The maximum atomic E-state index is 12.9. The van der Waals surface area contributed by atoms with Crippen molar-refractivity contribution in [3.05, 3.63) is 82.6 Å². The smallest absolute Gasteiger partial charge is 0.274 e. The third-order valence-corrected chi connectivity index (χ3v) is 5.56.